The molecule has 1 aliphatic carbocycles. The lowest BCUT2D eigenvalue weighted by molar-refractivity contribution is 0.380. The van der Waals surface area contributed by atoms with Crippen LogP contribution in [-0.4, -0.2) is 11.1 Å². The van der Waals surface area contributed by atoms with Crippen LogP contribution >= 0.6 is 0 Å². The van der Waals surface area contributed by atoms with E-state index in [9.17, 15) is 0 Å². The number of hydrogen-bond donors (Lipinski definition) is 2. The second-order valence-corrected chi connectivity index (χ2v) is 4.92. The van der Waals surface area contributed by atoms with Crippen LogP contribution in [-0.2, 0) is 6.54 Å². The maximum absolute atomic E-state index is 9.15. The standard InChI is InChI=1S/C13H19NO/c1-10(13(2)7-8-13)14-9-11-3-5-12(15)6-4-11/h3-6,10,14-15H,7-9H2,1-2H3. The molecule has 82 valence electrons. The lowest BCUT2D eigenvalue weighted by atomic mass is 10.0. The number of benzene rings is 1. The Hall–Kier alpha value is -1.02. The van der Waals surface area contributed by atoms with Crippen molar-refractivity contribution in [3.8, 4) is 5.75 Å². The average Bonchev–Trinajstić information content (AvgIpc) is 2.97. The zero-order valence-electron chi connectivity index (χ0n) is 9.46. The smallest absolute Gasteiger partial charge is 0.115 e. The van der Waals surface area contributed by atoms with Crippen LogP contribution in [0.1, 0.15) is 32.3 Å². The quantitative estimate of drug-likeness (QED) is 0.792. The third-order valence-electron chi connectivity index (χ3n) is 3.63. The predicted molar refractivity (Wildman–Crippen MR) is 61.7 cm³/mol. The monoisotopic (exact) mass is 205 g/mol. The molecule has 0 bridgehead atoms. The lowest BCUT2D eigenvalue weighted by Crippen LogP contribution is -2.32. The highest BCUT2D eigenvalue weighted by atomic mass is 16.3. The molecule has 2 N–H and O–H groups in total. The maximum atomic E-state index is 9.15. The summed E-state index contributed by atoms with van der Waals surface area (Å²) >= 11 is 0. The van der Waals surface area contributed by atoms with Crippen molar-refractivity contribution < 1.29 is 5.11 Å². The van der Waals surface area contributed by atoms with Crippen LogP contribution in [0.4, 0.5) is 0 Å². The molecule has 0 aliphatic heterocycles. The predicted octanol–water partition coefficient (Wildman–Crippen LogP) is 2.67. The van der Waals surface area contributed by atoms with Crippen LogP contribution in [0.25, 0.3) is 0 Å². The Labute approximate surface area is 91.3 Å². The molecule has 1 aromatic carbocycles. The SMILES string of the molecule is CC(NCc1ccc(O)cc1)C1(C)CC1. The molecule has 1 aromatic rings. The van der Waals surface area contributed by atoms with E-state index in [-0.39, 0.29) is 0 Å². The molecule has 0 saturated heterocycles. The van der Waals surface area contributed by atoms with Crippen molar-refractivity contribution in [1.82, 2.24) is 5.32 Å². The normalized spacial score (nSPS) is 19.9. The molecular weight excluding hydrogens is 186 g/mol. The van der Waals surface area contributed by atoms with Crippen molar-refractivity contribution in [3.05, 3.63) is 29.8 Å². The molecule has 15 heavy (non-hydrogen) atoms. The van der Waals surface area contributed by atoms with Gasteiger partial charge in [0, 0.05) is 12.6 Å². The average molecular weight is 205 g/mol. The second kappa shape index (κ2) is 3.86. The van der Waals surface area contributed by atoms with Crippen LogP contribution < -0.4 is 5.32 Å². The van der Waals surface area contributed by atoms with E-state index in [0.29, 0.717) is 17.2 Å². The largest absolute Gasteiger partial charge is 0.508 e. The van der Waals surface area contributed by atoms with E-state index >= 15 is 0 Å². The summed E-state index contributed by atoms with van der Waals surface area (Å²) < 4.78 is 0. The van der Waals surface area contributed by atoms with Gasteiger partial charge in [0.05, 0.1) is 0 Å². The van der Waals surface area contributed by atoms with Gasteiger partial charge < -0.3 is 10.4 Å². The minimum absolute atomic E-state index is 0.334. The highest BCUT2D eigenvalue weighted by Crippen LogP contribution is 2.47. The molecule has 2 nitrogen and oxygen atoms in total. The Kier molecular flexibility index (Phi) is 2.70. The number of hydrogen-bond acceptors (Lipinski definition) is 2. The van der Waals surface area contributed by atoms with Gasteiger partial charge in [0.1, 0.15) is 5.75 Å². The molecule has 1 aliphatic rings. The van der Waals surface area contributed by atoms with Gasteiger partial charge in [-0.1, -0.05) is 19.1 Å². The first-order valence-electron chi connectivity index (χ1n) is 5.61. The lowest BCUT2D eigenvalue weighted by Gasteiger charge is -2.20. The maximum Gasteiger partial charge on any atom is 0.115 e. The molecule has 1 fully saturated rings. The van der Waals surface area contributed by atoms with E-state index in [2.05, 4.69) is 19.2 Å². The van der Waals surface area contributed by atoms with Gasteiger partial charge in [-0.05, 0) is 42.9 Å². The fourth-order valence-electron chi connectivity index (χ4n) is 1.76. The van der Waals surface area contributed by atoms with Gasteiger partial charge in [0.2, 0.25) is 0 Å². The summed E-state index contributed by atoms with van der Waals surface area (Å²) in [7, 11) is 0. The van der Waals surface area contributed by atoms with Crippen LogP contribution in [0.15, 0.2) is 24.3 Å². The van der Waals surface area contributed by atoms with Gasteiger partial charge in [-0.25, -0.2) is 0 Å². The highest BCUT2D eigenvalue weighted by molar-refractivity contribution is 5.25. The minimum atomic E-state index is 0.334. The van der Waals surface area contributed by atoms with Crippen molar-refractivity contribution in [2.24, 2.45) is 5.41 Å². The van der Waals surface area contributed by atoms with E-state index in [4.69, 9.17) is 5.11 Å². The zero-order valence-corrected chi connectivity index (χ0v) is 9.46. The summed E-state index contributed by atoms with van der Waals surface area (Å²) in [5.41, 5.74) is 1.75. The Bertz CT molecular complexity index is 327. The fraction of sp³-hybridized carbons (Fsp3) is 0.538. The molecule has 1 atom stereocenters. The van der Waals surface area contributed by atoms with Crippen molar-refractivity contribution in [3.63, 3.8) is 0 Å². The molecule has 1 unspecified atom stereocenters. The summed E-state index contributed by atoms with van der Waals surface area (Å²) in [5.74, 6) is 0.334. The molecule has 0 aromatic heterocycles. The fourth-order valence-corrected chi connectivity index (χ4v) is 1.76. The summed E-state index contributed by atoms with van der Waals surface area (Å²) in [6.45, 7) is 5.48. The highest BCUT2D eigenvalue weighted by Gasteiger charge is 2.41. The van der Waals surface area contributed by atoms with Gasteiger partial charge in [0.25, 0.3) is 0 Å². The number of rotatable bonds is 4. The molecule has 2 rings (SSSR count). The van der Waals surface area contributed by atoms with E-state index in [0.717, 1.165) is 6.54 Å². The first kappa shape index (κ1) is 10.5. The van der Waals surface area contributed by atoms with Gasteiger partial charge in [-0.3, -0.25) is 0 Å². The van der Waals surface area contributed by atoms with Gasteiger partial charge in [0.15, 0.2) is 0 Å². The molecule has 1 saturated carbocycles. The molecule has 0 amide bonds. The third kappa shape index (κ3) is 2.51. The van der Waals surface area contributed by atoms with Crippen LogP contribution in [0.2, 0.25) is 0 Å². The Morgan fingerprint density at radius 3 is 2.47 bits per heavy atom. The van der Waals surface area contributed by atoms with E-state index in [1.165, 1.54) is 18.4 Å². The summed E-state index contributed by atoms with van der Waals surface area (Å²) in [5, 5.41) is 12.7. The van der Waals surface area contributed by atoms with Crippen LogP contribution in [0.5, 0.6) is 5.75 Å². The van der Waals surface area contributed by atoms with Gasteiger partial charge in [-0.15, -0.1) is 0 Å². The number of phenols is 1. The van der Waals surface area contributed by atoms with Crippen molar-refractivity contribution in [2.75, 3.05) is 0 Å². The molecule has 2 heteroatoms. The number of aromatic hydroxyl groups is 1. The van der Waals surface area contributed by atoms with E-state index in [1.54, 1.807) is 12.1 Å². The van der Waals surface area contributed by atoms with Gasteiger partial charge >= 0.3 is 0 Å². The van der Waals surface area contributed by atoms with Crippen molar-refractivity contribution in [1.29, 1.82) is 0 Å². The number of phenolic OH excluding ortho intramolecular Hbond substituents is 1. The second-order valence-electron chi connectivity index (χ2n) is 4.92. The van der Waals surface area contributed by atoms with E-state index in [1.807, 2.05) is 12.1 Å². The summed E-state index contributed by atoms with van der Waals surface area (Å²) in [6.07, 6.45) is 2.69. The third-order valence-corrected chi connectivity index (χ3v) is 3.63. The Morgan fingerprint density at radius 1 is 1.33 bits per heavy atom. The molecule has 0 radical (unpaired) electrons. The molecule has 0 heterocycles. The minimum Gasteiger partial charge on any atom is -0.508 e. The van der Waals surface area contributed by atoms with Gasteiger partial charge in [-0.2, -0.15) is 0 Å². The summed E-state index contributed by atoms with van der Waals surface area (Å²) in [4.78, 5) is 0. The van der Waals surface area contributed by atoms with E-state index < -0.39 is 0 Å². The first-order chi connectivity index (χ1) is 7.10. The van der Waals surface area contributed by atoms with Crippen LogP contribution in [0, 0.1) is 5.41 Å². The zero-order chi connectivity index (χ0) is 10.9. The van der Waals surface area contributed by atoms with Crippen molar-refractivity contribution in [2.45, 2.75) is 39.3 Å². The van der Waals surface area contributed by atoms with Crippen LogP contribution in [0.3, 0.4) is 0 Å². The summed E-state index contributed by atoms with van der Waals surface area (Å²) in [6, 6.07) is 7.97. The molecular formula is C13H19NO. The topological polar surface area (TPSA) is 32.3 Å². The Morgan fingerprint density at radius 2 is 1.93 bits per heavy atom. The van der Waals surface area contributed by atoms with Crippen molar-refractivity contribution >= 4 is 0 Å². The number of nitrogens with one attached hydrogen (secondary N) is 1. The first-order valence-corrected chi connectivity index (χ1v) is 5.61. The Balaban J connectivity index is 1.85. The molecule has 0 spiro atoms.